The Hall–Kier alpha value is -3.16. The summed E-state index contributed by atoms with van der Waals surface area (Å²) >= 11 is 0. The van der Waals surface area contributed by atoms with Crippen molar-refractivity contribution < 1.29 is 13.2 Å². The molecule has 3 aromatic rings. The van der Waals surface area contributed by atoms with E-state index in [0.29, 0.717) is 6.42 Å². The highest BCUT2D eigenvalue weighted by molar-refractivity contribution is 7.89. The number of hydrogen-bond donors (Lipinski definition) is 2. The fourth-order valence-corrected chi connectivity index (χ4v) is 7.80. The normalized spacial score (nSPS) is 18.7. The molecule has 0 unspecified atom stereocenters. The van der Waals surface area contributed by atoms with Crippen LogP contribution in [0.15, 0.2) is 59.5 Å². The number of benzene rings is 3. The van der Waals surface area contributed by atoms with Gasteiger partial charge in [-0.1, -0.05) is 30.3 Å². The van der Waals surface area contributed by atoms with Gasteiger partial charge >= 0.3 is 0 Å². The van der Waals surface area contributed by atoms with Crippen LogP contribution in [0.5, 0.6) is 0 Å². The van der Waals surface area contributed by atoms with Crippen LogP contribution in [0.3, 0.4) is 0 Å². The molecule has 1 heterocycles. The van der Waals surface area contributed by atoms with Crippen molar-refractivity contribution in [2.24, 2.45) is 0 Å². The number of fused-ring (bicyclic) bond motifs is 3. The fourth-order valence-electron chi connectivity index (χ4n) is 6.23. The number of anilines is 2. The molecule has 1 atom stereocenters. The monoisotopic (exact) mass is 515 g/mol. The molecule has 0 bridgehead atoms. The standard InChI is InChI=1S/C30H33N3O3S/c1-2-31-24-13-15-25(16-14-24)37(35,36)33-19-23-8-4-3-7-20(23)18-28(33)30(34)32-29-26-11-5-9-21(26)17-22-10-6-12-27(22)29/h3-4,7-8,13-17,28,31H,2,5-6,9-12,18-19H2,1H3,(H,32,34)/t28-/m0/s1. The van der Waals surface area contributed by atoms with E-state index in [1.165, 1.54) is 26.6 Å². The van der Waals surface area contributed by atoms with E-state index in [0.717, 1.165) is 67.6 Å². The molecular weight excluding hydrogens is 482 g/mol. The van der Waals surface area contributed by atoms with Crippen molar-refractivity contribution in [3.05, 3.63) is 88.0 Å². The zero-order valence-corrected chi connectivity index (χ0v) is 22.0. The number of carbonyl (C=O) groups is 1. The lowest BCUT2D eigenvalue weighted by Gasteiger charge is -2.35. The lowest BCUT2D eigenvalue weighted by Crippen LogP contribution is -2.50. The molecular formula is C30H33N3O3S. The third-order valence-corrected chi connectivity index (χ3v) is 9.94. The minimum Gasteiger partial charge on any atom is -0.385 e. The molecule has 2 aliphatic carbocycles. The molecule has 1 amide bonds. The van der Waals surface area contributed by atoms with Gasteiger partial charge in [-0.05, 0) is 110 Å². The second-order valence-corrected chi connectivity index (χ2v) is 12.2. The second kappa shape index (κ2) is 9.62. The first-order valence-corrected chi connectivity index (χ1v) is 14.8. The maximum Gasteiger partial charge on any atom is 0.244 e. The van der Waals surface area contributed by atoms with Gasteiger partial charge in [0.05, 0.1) is 4.90 Å². The van der Waals surface area contributed by atoms with Crippen molar-refractivity contribution in [1.29, 1.82) is 0 Å². The highest BCUT2D eigenvalue weighted by atomic mass is 32.2. The zero-order valence-electron chi connectivity index (χ0n) is 21.2. The Balaban J connectivity index is 1.37. The Morgan fingerprint density at radius 3 is 2.19 bits per heavy atom. The summed E-state index contributed by atoms with van der Waals surface area (Å²) in [6.07, 6.45) is 6.58. The van der Waals surface area contributed by atoms with E-state index in [1.54, 1.807) is 24.3 Å². The van der Waals surface area contributed by atoms with Gasteiger partial charge in [0, 0.05) is 24.5 Å². The predicted molar refractivity (Wildman–Crippen MR) is 146 cm³/mol. The third-order valence-electron chi connectivity index (χ3n) is 8.07. The van der Waals surface area contributed by atoms with Gasteiger partial charge in [-0.2, -0.15) is 4.31 Å². The van der Waals surface area contributed by atoms with Crippen LogP contribution in [0.1, 0.15) is 53.1 Å². The summed E-state index contributed by atoms with van der Waals surface area (Å²) in [5, 5.41) is 6.47. The van der Waals surface area contributed by atoms with Crippen molar-refractivity contribution >= 4 is 27.3 Å². The molecule has 0 spiro atoms. The van der Waals surface area contributed by atoms with Crippen LogP contribution < -0.4 is 10.6 Å². The number of hydrogen-bond acceptors (Lipinski definition) is 4. The van der Waals surface area contributed by atoms with Crippen molar-refractivity contribution in [2.45, 2.75) is 69.4 Å². The molecule has 0 fully saturated rings. The van der Waals surface area contributed by atoms with Crippen molar-refractivity contribution in [3.63, 3.8) is 0 Å². The Kier molecular flexibility index (Phi) is 6.29. The summed E-state index contributed by atoms with van der Waals surface area (Å²) in [7, 11) is -3.90. The van der Waals surface area contributed by atoms with Crippen LogP contribution in [0.2, 0.25) is 0 Å². The van der Waals surface area contributed by atoms with Gasteiger partial charge in [0.1, 0.15) is 6.04 Å². The summed E-state index contributed by atoms with van der Waals surface area (Å²) in [4.78, 5) is 14.2. The first-order chi connectivity index (χ1) is 18.0. The number of rotatable bonds is 6. The van der Waals surface area contributed by atoms with Crippen LogP contribution in [0, 0.1) is 0 Å². The quantitative estimate of drug-likeness (QED) is 0.492. The van der Waals surface area contributed by atoms with Gasteiger partial charge in [-0.15, -0.1) is 0 Å². The molecule has 0 aromatic heterocycles. The number of sulfonamides is 1. The fraction of sp³-hybridized carbons (Fsp3) is 0.367. The molecule has 7 heteroatoms. The highest BCUT2D eigenvalue weighted by Gasteiger charge is 2.40. The van der Waals surface area contributed by atoms with E-state index in [-0.39, 0.29) is 17.3 Å². The summed E-state index contributed by atoms with van der Waals surface area (Å²) < 4.78 is 29.3. The van der Waals surface area contributed by atoms with Gasteiger partial charge in [0.15, 0.2) is 0 Å². The maximum atomic E-state index is 14.0. The Bertz CT molecular complexity index is 1430. The largest absolute Gasteiger partial charge is 0.385 e. The topological polar surface area (TPSA) is 78.5 Å². The van der Waals surface area contributed by atoms with Crippen molar-refractivity contribution in [2.75, 3.05) is 17.2 Å². The predicted octanol–water partition coefficient (Wildman–Crippen LogP) is 4.85. The second-order valence-electron chi connectivity index (χ2n) is 10.3. The molecule has 0 radical (unpaired) electrons. The van der Waals surface area contributed by atoms with Gasteiger partial charge in [0.2, 0.25) is 15.9 Å². The summed E-state index contributed by atoms with van der Waals surface area (Å²) in [6, 6.07) is 16.2. The molecule has 3 aliphatic rings. The minimum absolute atomic E-state index is 0.177. The highest BCUT2D eigenvalue weighted by Crippen LogP contribution is 2.39. The van der Waals surface area contributed by atoms with E-state index in [4.69, 9.17) is 0 Å². The zero-order chi connectivity index (χ0) is 25.6. The number of nitrogens with one attached hydrogen (secondary N) is 2. The van der Waals surface area contributed by atoms with Crippen LogP contribution >= 0.6 is 0 Å². The van der Waals surface area contributed by atoms with E-state index in [9.17, 15) is 13.2 Å². The lowest BCUT2D eigenvalue weighted by molar-refractivity contribution is -0.120. The molecule has 37 heavy (non-hydrogen) atoms. The molecule has 0 saturated carbocycles. The van der Waals surface area contributed by atoms with Crippen LogP contribution in [0.25, 0.3) is 0 Å². The smallest absolute Gasteiger partial charge is 0.244 e. The van der Waals surface area contributed by atoms with Crippen molar-refractivity contribution in [3.8, 4) is 0 Å². The van der Waals surface area contributed by atoms with Crippen molar-refractivity contribution in [1.82, 2.24) is 4.31 Å². The summed E-state index contributed by atoms with van der Waals surface area (Å²) in [5.74, 6) is -0.239. The molecule has 6 rings (SSSR count). The Morgan fingerprint density at radius 2 is 1.54 bits per heavy atom. The van der Waals surface area contributed by atoms with E-state index < -0.39 is 16.1 Å². The molecule has 192 valence electrons. The number of nitrogens with zero attached hydrogens (tertiary/aromatic N) is 1. The van der Waals surface area contributed by atoms with Crippen LogP contribution in [-0.2, 0) is 53.5 Å². The number of aryl methyl sites for hydroxylation is 2. The first-order valence-electron chi connectivity index (χ1n) is 13.4. The SMILES string of the molecule is CCNc1ccc(S(=O)(=O)N2Cc3ccccc3C[C@H]2C(=O)Nc2c3c(cc4c2CCC4)CCC3)cc1. The summed E-state index contributed by atoms with van der Waals surface area (Å²) in [5.41, 5.74) is 8.98. The van der Waals surface area contributed by atoms with Gasteiger partial charge in [-0.25, -0.2) is 8.42 Å². The summed E-state index contributed by atoms with van der Waals surface area (Å²) in [6.45, 7) is 2.93. The molecule has 0 saturated heterocycles. The lowest BCUT2D eigenvalue weighted by atomic mass is 9.94. The molecule has 2 N–H and O–H groups in total. The van der Waals surface area contributed by atoms with Gasteiger partial charge < -0.3 is 10.6 Å². The van der Waals surface area contributed by atoms with E-state index in [2.05, 4.69) is 16.7 Å². The maximum absolute atomic E-state index is 14.0. The van der Waals surface area contributed by atoms with E-state index >= 15 is 0 Å². The Labute approximate surface area is 219 Å². The molecule has 6 nitrogen and oxygen atoms in total. The van der Waals surface area contributed by atoms with Crippen LogP contribution in [-0.4, -0.2) is 31.2 Å². The molecule has 1 aliphatic heterocycles. The first kappa shape index (κ1) is 24.2. The average molecular weight is 516 g/mol. The van der Waals surface area contributed by atoms with Gasteiger partial charge in [-0.3, -0.25) is 4.79 Å². The Morgan fingerprint density at radius 1 is 0.892 bits per heavy atom. The third kappa shape index (κ3) is 4.34. The number of carbonyl (C=O) groups excluding carboxylic acids is 1. The minimum atomic E-state index is -3.90. The molecule has 3 aromatic carbocycles. The van der Waals surface area contributed by atoms with Gasteiger partial charge in [0.25, 0.3) is 0 Å². The van der Waals surface area contributed by atoms with Crippen LogP contribution in [0.4, 0.5) is 11.4 Å². The van der Waals surface area contributed by atoms with E-state index in [1.807, 2.05) is 31.2 Å². The average Bonchev–Trinajstić information content (AvgIpc) is 3.58. The number of amides is 1.